The lowest BCUT2D eigenvalue weighted by molar-refractivity contribution is -0.137. The average molecular weight is 256 g/mol. The Hall–Kier alpha value is -1.39. The number of hydrogen-bond acceptors (Lipinski definition) is 3. The minimum atomic E-state index is -0.982. The van der Waals surface area contributed by atoms with E-state index in [2.05, 4.69) is 12.2 Å². The quantitative estimate of drug-likeness (QED) is 0.552. The van der Waals surface area contributed by atoms with Crippen LogP contribution in [0, 0.1) is 0 Å². The van der Waals surface area contributed by atoms with Crippen molar-refractivity contribution < 1.29 is 19.5 Å². The van der Waals surface area contributed by atoms with Gasteiger partial charge in [-0.3, -0.25) is 14.4 Å². The number of nitrogens with one attached hydrogen (secondary N) is 1. The highest BCUT2D eigenvalue weighted by Gasteiger charge is 2.13. The van der Waals surface area contributed by atoms with Gasteiger partial charge in [0.05, 0.1) is 6.04 Å². The van der Waals surface area contributed by atoms with Gasteiger partial charge in [-0.25, -0.2) is 0 Å². The summed E-state index contributed by atoms with van der Waals surface area (Å²) in [5, 5.41) is 11.0. The second kappa shape index (κ2) is 10.7. The van der Waals surface area contributed by atoms with E-state index in [1.807, 2.05) is 0 Å². The average Bonchev–Trinajstić information content (AvgIpc) is 2.34. The Bertz CT molecular complexity index is 266. The summed E-state index contributed by atoms with van der Waals surface area (Å²) in [6.07, 6.45) is 7.25. The molecule has 0 unspecified atom stereocenters. The molecule has 1 radical (unpaired) electrons. The number of carboxylic acids is 1. The van der Waals surface area contributed by atoms with Crippen LogP contribution in [0.5, 0.6) is 0 Å². The molecule has 0 aliphatic carbocycles. The lowest BCUT2D eigenvalue weighted by Crippen LogP contribution is -2.36. The second-order valence-corrected chi connectivity index (χ2v) is 4.33. The summed E-state index contributed by atoms with van der Waals surface area (Å²) in [7, 11) is 0. The van der Waals surface area contributed by atoms with Crippen LogP contribution in [0.25, 0.3) is 0 Å². The summed E-state index contributed by atoms with van der Waals surface area (Å²) in [6.45, 7) is 2.12. The molecule has 103 valence electrons. The molecule has 5 nitrogen and oxygen atoms in total. The largest absolute Gasteiger partial charge is 0.481 e. The van der Waals surface area contributed by atoms with E-state index < -0.39 is 12.0 Å². The molecule has 5 heteroatoms. The van der Waals surface area contributed by atoms with Gasteiger partial charge >= 0.3 is 5.97 Å². The van der Waals surface area contributed by atoms with Crippen molar-refractivity contribution in [3.63, 3.8) is 0 Å². The van der Waals surface area contributed by atoms with Crippen LogP contribution < -0.4 is 5.32 Å². The third kappa shape index (κ3) is 9.81. The van der Waals surface area contributed by atoms with E-state index >= 15 is 0 Å². The maximum atomic E-state index is 11.5. The summed E-state index contributed by atoms with van der Waals surface area (Å²) in [6, 6.07) is -0.802. The van der Waals surface area contributed by atoms with Gasteiger partial charge < -0.3 is 10.4 Å². The van der Waals surface area contributed by atoms with Crippen LogP contribution >= 0.6 is 0 Å². The van der Waals surface area contributed by atoms with Crippen LogP contribution in [0.4, 0.5) is 0 Å². The molecule has 0 fully saturated rings. The van der Waals surface area contributed by atoms with E-state index in [-0.39, 0.29) is 18.7 Å². The Morgan fingerprint density at radius 3 is 2.39 bits per heavy atom. The van der Waals surface area contributed by atoms with Crippen molar-refractivity contribution in [2.24, 2.45) is 0 Å². The fraction of sp³-hybridized carbons (Fsp3) is 0.769. The summed E-state index contributed by atoms with van der Waals surface area (Å²) >= 11 is 0. The van der Waals surface area contributed by atoms with E-state index in [1.165, 1.54) is 6.42 Å². The van der Waals surface area contributed by atoms with Crippen LogP contribution in [0.15, 0.2) is 0 Å². The maximum Gasteiger partial charge on any atom is 0.303 e. The van der Waals surface area contributed by atoms with Gasteiger partial charge in [0.2, 0.25) is 12.2 Å². The number of hydrogen-bond donors (Lipinski definition) is 2. The summed E-state index contributed by atoms with van der Waals surface area (Å²) in [5.74, 6) is -1.19. The van der Waals surface area contributed by atoms with E-state index in [0.717, 1.165) is 25.7 Å². The molecule has 0 bridgehead atoms. The fourth-order valence-electron chi connectivity index (χ4n) is 1.58. The monoisotopic (exact) mass is 256 g/mol. The molecule has 0 aromatic heterocycles. The summed E-state index contributed by atoms with van der Waals surface area (Å²) in [4.78, 5) is 32.3. The third-order valence-corrected chi connectivity index (χ3v) is 2.63. The van der Waals surface area contributed by atoms with Crippen molar-refractivity contribution in [2.75, 3.05) is 0 Å². The zero-order valence-electron chi connectivity index (χ0n) is 10.9. The highest BCUT2D eigenvalue weighted by Crippen LogP contribution is 2.05. The predicted molar refractivity (Wildman–Crippen MR) is 67.9 cm³/mol. The molecule has 0 saturated heterocycles. The lowest BCUT2D eigenvalue weighted by atomic mass is 10.1. The van der Waals surface area contributed by atoms with Crippen molar-refractivity contribution in [3.8, 4) is 0 Å². The van der Waals surface area contributed by atoms with Gasteiger partial charge in [0.25, 0.3) is 0 Å². The Morgan fingerprint density at radius 1 is 1.17 bits per heavy atom. The first kappa shape index (κ1) is 16.6. The molecule has 0 saturated carbocycles. The number of unbranched alkanes of at least 4 members (excludes halogenated alkanes) is 4. The minimum Gasteiger partial charge on any atom is -0.481 e. The molecule has 18 heavy (non-hydrogen) atoms. The normalized spacial score (nSPS) is 11.8. The lowest BCUT2D eigenvalue weighted by Gasteiger charge is -2.10. The van der Waals surface area contributed by atoms with Crippen LogP contribution in [0.2, 0.25) is 0 Å². The second-order valence-electron chi connectivity index (χ2n) is 4.33. The number of rotatable bonds is 11. The fourth-order valence-corrected chi connectivity index (χ4v) is 1.58. The predicted octanol–water partition coefficient (Wildman–Crippen LogP) is 1.81. The van der Waals surface area contributed by atoms with Crippen molar-refractivity contribution in [1.29, 1.82) is 0 Å². The molecule has 0 rings (SSSR count). The van der Waals surface area contributed by atoms with Crippen molar-refractivity contribution in [2.45, 2.75) is 64.3 Å². The molecular weight excluding hydrogens is 234 g/mol. The van der Waals surface area contributed by atoms with Gasteiger partial charge in [0.15, 0.2) is 0 Å². The summed E-state index contributed by atoms with van der Waals surface area (Å²) < 4.78 is 0. The van der Waals surface area contributed by atoms with Crippen LogP contribution in [-0.2, 0) is 14.4 Å². The molecule has 0 spiro atoms. The molecule has 0 aliphatic heterocycles. The number of carbonyl (C=O) groups excluding carboxylic acids is 2. The Kier molecular flexibility index (Phi) is 9.91. The van der Waals surface area contributed by atoms with Gasteiger partial charge in [-0.2, -0.15) is 0 Å². The van der Waals surface area contributed by atoms with Crippen LogP contribution in [0.1, 0.15) is 58.3 Å². The van der Waals surface area contributed by atoms with Gasteiger partial charge in [-0.1, -0.05) is 32.6 Å². The molecule has 1 atom stereocenters. The Morgan fingerprint density at radius 2 is 1.83 bits per heavy atom. The molecule has 0 aromatic rings. The first-order valence-electron chi connectivity index (χ1n) is 6.49. The first-order chi connectivity index (χ1) is 8.60. The molecule has 0 heterocycles. The first-order valence-corrected chi connectivity index (χ1v) is 6.49. The number of aliphatic carboxylic acids is 1. The van der Waals surface area contributed by atoms with Crippen LogP contribution in [0.3, 0.4) is 0 Å². The van der Waals surface area contributed by atoms with Gasteiger partial charge in [-0.15, -0.1) is 0 Å². The molecule has 1 amide bonds. The van der Waals surface area contributed by atoms with E-state index in [9.17, 15) is 14.4 Å². The number of amides is 1. The Balaban J connectivity index is 3.69. The maximum absolute atomic E-state index is 11.5. The smallest absolute Gasteiger partial charge is 0.303 e. The molecule has 0 aliphatic rings. The van der Waals surface area contributed by atoms with Gasteiger partial charge in [0.1, 0.15) is 0 Å². The summed E-state index contributed by atoms with van der Waals surface area (Å²) in [5.41, 5.74) is 0. The topological polar surface area (TPSA) is 83.5 Å². The number of carbonyl (C=O) groups is 2. The van der Waals surface area contributed by atoms with Gasteiger partial charge in [0, 0.05) is 12.8 Å². The molecule has 0 aromatic carbocycles. The third-order valence-electron chi connectivity index (χ3n) is 2.63. The molecular formula is C13H22NO4. The van der Waals surface area contributed by atoms with E-state index in [0.29, 0.717) is 6.42 Å². The van der Waals surface area contributed by atoms with Crippen molar-refractivity contribution >= 4 is 18.2 Å². The SMILES string of the molecule is CCCCCCCC(=O)N[C@@H]([C]=O)CCC(=O)O. The van der Waals surface area contributed by atoms with Gasteiger partial charge in [-0.05, 0) is 12.8 Å². The van der Waals surface area contributed by atoms with Crippen LogP contribution in [-0.4, -0.2) is 29.3 Å². The van der Waals surface area contributed by atoms with Crippen molar-refractivity contribution in [3.05, 3.63) is 0 Å². The standard InChI is InChI=1S/C13H22NO4/c1-2-3-4-5-6-7-12(16)14-11(10-15)8-9-13(17)18/h11H,2-9H2,1H3,(H,14,16)(H,17,18)/t11-/m1/s1. The number of carboxylic acid groups (broad SMARTS) is 1. The highest BCUT2D eigenvalue weighted by atomic mass is 16.4. The zero-order valence-corrected chi connectivity index (χ0v) is 10.9. The highest BCUT2D eigenvalue weighted by molar-refractivity contribution is 5.80. The molecule has 2 N–H and O–H groups in total. The van der Waals surface area contributed by atoms with Crippen molar-refractivity contribution in [1.82, 2.24) is 5.32 Å². The Labute approximate surface area is 108 Å². The minimum absolute atomic E-state index is 0.0976. The zero-order chi connectivity index (χ0) is 13.8. The van der Waals surface area contributed by atoms with E-state index in [4.69, 9.17) is 5.11 Å². The van der Waals surface area contributed by atoms with E-state index in [1.54, 1.807) is 6.29 Å².